The van der Waals surface area contributed by atoms with Gasteiger partial charge in [0, 0.05) is 6.54 Å². The highest BCUT2D eigenvalue weighted by atomic mass is 32.2. The summed E-state index contributed by atoms with van der Waals surface area (Å²) >= 11 is 0. The molecule has 0 bridgehead atoms. The fourth-order valence-electron chi connectivity index (χ4n) is 3.27. The molecule has 1 heterocycles. The van der Waals surface area contributed by atoms with E-state index in [-0.39, 0.29) is 17.0 Å². The zero-order valence-electron chi connectivity index (χ0n) is 15.9. The maximum atomic E-state index is 12.9. The molecular weight excluding hydrogens is 346 g/mol. The quantitative estimate of drug-likeness (QED) is 0.757. The topological polar surface area (TPSA) is 64.0 Å². The van der Waals surface area contributed by atoms with Gasteiger partial charge in [-0.1, -0.05) is 36.4 Å². The summed E-state index contributed by atoms with van der Waals surface area (Å²) in [6.07, 6.45) is 0. The summed E-state index contributed by atoms with van der Waals surface area (Å²) < 4.78 is 30.3. The minimum atomic E-state index is -3.65. The Balaban J connectivity index is 1.88. The number of aromatic nitrogens is 2. The van der Waals surface area contributed by atoms with Gasteiger partial charge in [0.2, 0.25) is 10.0 Å². The molecule has 0 aliphatic carbocycles. The summed E-state index contributed by atoms with van der Waals surface area (Å²) in [5.41, 5.74) is 1.82. The number of nitrogens with one attached hydrogen (secondary N) is 1. The van der Waals surface area contributed by atoms with Crippen molar-refractivity contribution in [1.29, 1.82) is 0 Å². The average molecular weight is 372 g/mol. The first-order valence-corrected chi connectivity index (χ1v) is 10.1. The fourth-order valence-corrected chi connectivity index (χ4v) is 4.68. The van der Waals surface area contributed by atoms with E-state index in [2.05, 4.69) is 9.82 Å². The molecule has 0 saturated heterocycles. The minimum Gasteiger partial charge on any atom is -0.263 e. The summed E-state index contributed by atoms with van der Waals surface area (Å²) in [6.45, 7) is 9.80. The monoisotopic (exact) mass is 371 g/mol. The molecular formula is C20H25N3O2S. The number of benzene rings is 2. The smallest absolute Gasteiger partial charge is 0.244 e. The van der Waals surface area contributed by atoms with Crippen LogP contribution in [0.2, 0.25) is 0 Å². The lowest BCUT2D eigenvalue weighted by Crippen LogP contribution is -2.26. The Morgan fingerprint density at radius 1 is 1.04 bits per heavy atom. The van der Waals surface area contributed by atoms with Gasteiger partial charge in [-0.2, -0.15) is 5.10 Å². The number of rotatable bonds is 4. The zero-order valence-corrected chi connectivity index (χ0v) is 16.7. The largest absolute Gasteiger partial charge is 0.263 e. The van der Waals surface area contributed by atoms with Gasteiger partial charge in [0.1, 0.15) is 4.90 Å². The molecule has 26 heavy (non-hydrogen) atoms. The molecule has 1 aromatic heterocycles. The molecule has 3 aromatic rings. The Morgan fingerprint density at radius 3 is 2.31 bits per heavy atom. The van der Waals surface area contributed by atoms with Crippen molar-refractivity contribution in [3.05, 3.63) is 59.4 Å². The molecule has 6 heteroatoms. The van der Waals surface area contributed by atoms with Gasteiger partial charge in [-0.15, -0.1) is 0 Å². The lowest BCUT2D eigenvalue weighted by atomic mass is 10.1. The van der Waals surface area contributed by atoms with Crippen molar-refractivity contribution in [3.63, 3.8) is 0 Å². The van der Waals surface area contributed by atoms with Crippen LogP contribution in [-0.4, -0.2) is 18.2 Å². The first-order chi connectivity index (χ1) is 12.1. The summed E-state index contributed by atoms with van der Waals surface area (Å²) in [4.78, 5) is 0.271. The Morgan fingerprint density at radius 2 is 1.69 bits per heavy atom. The highest BCUT2D eigenvalue weighted by Gasteiger charge is 2.28. The van der Waals surface area contributed by atoms with Crippen LogP contribution < -0.4 is 4.72 Å². The minimum absolute atomic E-state index is 0.243. The van der Waals surface area contributed by atoms with Gasteiger partial charge in [0.05, 0.1) is 16.9 Å². The lowest BCUT2D eigenvalue weighted by Gasteiger charge is -2.21. The van der Waals surface area contributed by atoms with E-state index in [0.29, 0.717) is 11.4 Å². The molecule has 0 aliphatic rings. The number of fused-ring (bicyclic) bond motifs is 1. The number of sulfonamides is 1. The van der Waals surface area contributed by atoms with Crippen molar-refractivity contribution in [2.45, 2.75) is 51.6 Å². The van der Waals surface area contributed by atoms with Crippen molar-refractivity contribution in [2.24, 2.45) is 0 Å². The second-order valence-corrected chi connectivity index (χ2v) is 9.29. The van der Waals surface area contributed by atoms with Gasteiger partial charge >= 0.3 is 0 Å². The van der Waals surface area contributed by atoms with Crippen LogP contribution in [0.5, 0.6) is 0 Å². The predicted octanol–water partition coefficient (Wildman–Crippen LogP) is 3.89. The third kappa shape index (κ3) is 3.52. The van der Waals surface area contributed by atoms with Gasteiger partial charge in [0.25, 0.3) is 0 Å². The number of nitrogens with zero attached hydrogens (tertiary/aromatic N) is 2. The van der Waals surface area contributed by atoms with E-state index in [1.807, 2.05) is 63.2 Å². The lowest BCUT2D eigenvalue weighted by molar-refractivity contribution is 0.345. The van der Waals surface area contributed by atoms with Crippen LogP contribution in [0.15, 0.2) is 47.4 Å². The van der Waals surface area contributed by atoms with Crippen LogP contribution in [-0.2, 0) is 22.1 Å². The first kappa shape index (κ1) is 18.6. The second-order valence-electron chi connectivity index (χ2n) is 7.59. The van der Waals surface area contributed by atoms with E-state index in [0.717, 1.165) is 16.3 Å². The highest BCUT2D eigenvalue weighted by molar-refractivity contribution is 7.89. The molecule has 0 saturated carbocycles. The maximum absolute atomic E-state index is 12.9. The fraction of sp³-hybridized carbons (Fsp3) is 0.350. The van der Waals surface area contributed by atoms with Crippen LogP contribution in [0, 0.1) is 13.8 Å². The summed E-state index contributed by atoms with van der Waals surface area (Å²) in [5.74, 6) is 0. The Kier molecular flexibility index (Phi) is 4.67. The number of hydrogen-bond donors (Lipinski definition) is 1. The Bertz CT molecular complexity index is 1060. The Labute approximate surface area is 155 Å². The predicted molar refractivity (Wildman–Crippen MR) is 105 cm³/mol. The summed E-state index contributed by atoms with van der Waals surface area (Å²) in [7, 11) is -3.65. The van der Waals surface area contributed by atoms with E-state index < -0.39 is 10.0 Å². The number of aryl methyl sites for hydroxylation is 1. The Hall–Kier alpha value is -2.18. The summed E-state index contributed by atoms with van der Waals surface area (Å²) in [5, 5.41) is 6.67. The van der Waals surface area contributed by atoms with Crippen molar-refractivity contribution < 1.29 is 8.42 Å². The SMILES string of the molecule is Cc1nn(C(C)(C)C)c(C)c1S(=O)(=O)NCc1ccc2ccccc2c1. The van der Waals surface area contributed by atoms with Gasteiger partial charge in [-0.25, -0.2) is 13.1 Å². The highest BCUT2D eigenvalue weighted by Crippen LogP contribution is 2.25. The summed E-state index contributed by atoms with van der Waals surface area (Å²) in [6, 6.07) is 14.0. The third-order valence-corrected chi connectivity index (χ3v) is 6.06. The van der Waals surface area contributed by atoms with Crippen molar-refractivity contribution in [2.75, 3.05) is 0 Å². The second kappa shape index (κ2) is 6.52. The van der Waals surface area contributed by atoms with E-state index in [1.165, 1.54) is 0 Å². The molecule has 138 valence electrons. The van der Waals surface area contributed by atoms with E-state index in [9.17, 15) is 8.42 Å². The molecule has 1 N–H and O–H groups in total. The molecule has 0 unspecified atom stereocenters. The van der Waals surface area contributed by atoms with Gasteiger partial charge in [-0.3, -0.25) is 4.68 Å². The van der Waals surface area contributed by atoms with Crippen LogP contribution in [0.1, 0.15) is 37.7 Å². The van der Waals surface area contributed by atoms with Crippen LogP contribution >= 0.6 is 0 Å². The van der Waals surface area contributed by atoms with Crippen LogP contribution in [0.4, 0.5) is 0 Å². The number of hydrogen-bond acceptors (Lipinski definition) is 3. The molecule has 0 fully saturated rings. The molecule has 5 nitrogen and oxygen atoms in total. The standard InChI is InChI=1S/C20H25N3O2S/c1-14-19(15(2)23(22-14)20(3,4)5)26(24,25)21-13-16-10-11-17-8-6-7-9-18(17)12-16/h6-12,21H,13H2,1-5H3. The zero-order chi connectivity index (χ0) is 19.1. The maximum Gasteiger partial charge on any atom is 0.244 e. The normalized spacial score (nSPS) is 12.7. The third-order valence-electron chi connectivity index (χ3n) is 4.41. The van der Waals surface area contributed by atoms with Crippen molar-refractivity contribution in [3.8, 4) is 0 Å². The molecule has 3 rings (SSSR count). The van der Waals surface area contributed by atoms with Gasteiger partial charge < -0.3 is 0 Å². The molecule has 0 amide bonds. The van der Waals surface area contributed by atoms with Crippen molar-refractivity contribution >= 4 is 20.8 Å². The average Bonchev–Trinajstić information content (AvgIpc) is 2.88. The van der Waals surface area contributed by atoms with Crippen LogP contribution in [0.3, 0.4) is 0 Å². The van der Waals surface area contributed by atoms with Gasteiger partial charge in [0.15, 0.2) is 0 Å². The van der Waals surface area contributed by atoms with Crippen LogP contribution in [0.25, 0.3) is 10.8 Å². The molecule has 0 aliphatic heterocycles. The van der Waals surface area contributed by atoms with Crippen molar-refractivity contribution in [1.82, 2.24) is 14.5 Å². The molecule has 2 aromatic carbocycles. The van der Waals surface area contributed by atoms with E-state index >= 15 is 0 Å². The first-order valence-electron chi connectivity index (χ1n) is 8.63. The van der Waals surface area contributed by atoms with Gasteiger partial charge in [-0.05, 0) is 57.0 Å². The molecule has 0 radical (unpaired) electrons. The van der Waals surface area contributed by atoms with E-state index in [4.69, 9.17) is 0 Å². The molecule has 0 atom stereocenters. The van der Waals surface area contributed by atoms with E-state index in [1.54, 1.807) is 18.5 Å². The molecule has 0 spiro atoms.